The first-order chi connectivity index (χ1) is 13.7. The van der Waals surface area contributed by atoms with Gasteiger partial charge in [-0.3, -0.25) is 19.3 Å². The number of rotatable bonds is 5. The van der Waals surface area contributed by atoms with Crippen LogP contribution in [-0.4, -0.2) is 47.4 Å². The highest BCUT2D eigenvalue weighted by atomic mass is 16.5. The van der Waals surface area contributed by atoms with Gasteiger partial charge < -0.3 is 15.4 Å². The summed E-state index contributed by atoms with van der Waals surface area (Å²) in [5.74, 6) is -1.66. The molecule has 1 saturated carbocycles. The van der Waals surface area contributed by atoms with E-state index in [1.165, 1.54) is 0 Å². The number of esters is 1. The third-order valence-electron chi connectivity index (χ3n) is 6.03. The molecule has 1 aliphatic heterocycles. The average molecular weight is 401 g/mol. The quantitative estimate of drug-likeness (QED) is 0.582. The van der Waals surface area contributed by atoms with Crippen molar-refractivity contribution in [3.05, 3.63) is 29.3 Å². The highest BCUT2D eigenvalue weighted by Crippen LogP contribution is 2.38. The summed E-state index contributed by atoms with van der Waals surface area (Å²) in [6.07, 6.45) is 3.29. The zero-order valence-electron chi connectivity index (χ0n) is 17.0. The number of carbonyl (C=O) groups excluding carboxylic acids is 4. The molecule has 0 aromatic heterocycles. The van der Waals surface area contributed by atoms with Crippen LogP contribution in [-0.2, 0) is 19.1 Å². The number of nitrogens with zero attached hydrogens (tertiary/aromatic N) is 1. The van der Waals surface area contributed by atoms with Crippen LogP contribution in [0.4, 0.5) is 10.5 Å². The number of aryl methyl sites for hydroxylation is 1. The highest BCUT2D eigenvalue weighted by molar-refractivity contribution is 6.09. The number of amides is 4. The number of urea groups is 1. The molecule has 8 heteroatoms. The topological polar surface area (TPSA) is 105 Å². The molecule has 29 heavy (non-hydrogen) atoms. The zero-order chi connectivity index (χ0) is 21.2. The lowest BCUT2D eigenvalue weighted by molar-refractivity contribution is -0.150. The largest absolute Gasteiger partial charge is 0.454 e. The molecule has 1 aromatic rings. The number of anilines is 1. The summed E-state index contributed by atoms with van der Waals surface area (Å²) in [7, 11) is 0. The van der Waals surface area contributed by atoms with Crippen LogP contribution in [0.2, 0.25) is 0 Å². The van der Waals surface area contributed by atoms with Crippen molar-refractivity contribution in [3.63, 3.8) is 0 Å². The van der Waals surface area contributed by atoms with E-state index in [1.54, 1.807) is 6.07 Å². The van der Waals surface area contributed by atoms with E-state index < -0.39 is 36.6 Å². The second kappa shape index (κ2) is 8.23. The summed E-state index contributed by atoms with van der Waals surface area (Å²) in [6, 6.07) is 4.94. The predicted octanol–water partition coefficient (Wildman–Crippen LogP) is 2.29. The predicted molar refractivity (Wildman–Crippen MR) is 106 cm³/mol. The van der Waals surface area contributed by atoms with Crippen LogP contribution in [0, 0.1) is 19.8 Å². The first-order valence-electron chi connectivity index (χ1n) is 9.90. The van der Waals surface area contributed by atoms with Gasteiger partial charge in [0.15, 0.2) is 6.61 Å². The van der Waals surface area contributed by atoms with Gasteiger partial charge in [-0.2, -0.15) is 0 Å². The number of carbonyl (C=O) groups is 4. The number of benzene rings is 1. The van der Waals surface area contributed by atoms with Crippen LogP contribution in [0.1, 0.15) is 43.7 Å². The molecule has 4 amide bonds. The number of nitrogens with one attached hydrogen (secondary N) is 2. The van der Waals surface area contributed by atoms with E-state index in [2.05, 4.69) is 10.6 Å². The van der Waals surface area contributed by atoms with E-state index in [1.807, 2.05) is 32.9 Å². The zero-order valence-corrected chi connectivity index (χ0v) is 17.0. The molecular formula is C21H27N3O5. The number of ether oxygens (including phenoxy) is 1. The fourth-order valence-corrected chi connectivity index (χ4v) is 4.03. The van der Waals surface area contributed by atoms with Crippen molar-refractivity contribution in [2.45, 2.75) is 52.0 Å². The molecule has 2 aliphatic rings. The van der Waals surface area contributed by atoms with Crippen molar-refractivity contribution in [2.75, 3.05) is 18.5 Å². The summed E-state index contributed by atoms with van der Waals surface area (Å²) in [5.41, 5.74) is 1.69. The average Bonchev–Trinajstić information content (AvgIpc) is 2.91. The lowest BCUT2D eigenvalue weighted by Gasteiger charge is -2.36. The van der Waals surface area contributed by atoms with Gasteiger partial charge in [0.2, 0.25) is 0 Å². The highest BCUT2D eigenvalue weighted by Gasteiger charge is 2.55. The van der Waals surface area contributed by atoms with Gasteiger partial charge in [0.1, 0.15) is 12.1 Å². The second-order valence-corrected chi connectivity index (χ2v) is 7.90. The van der Waals surface area contributed by atoms with Gasteiger partial charge in [0.05, 0.1) is 0 Å². The van der Waals surface area contributed by atoms with Crippen molar-refractivity contribution >= 4 is 29.5 Å². The molecule has 1 aromatic carbocycles. The Morgan fingerprint density at radius 1 is 1.28 bits per heavy atom. The van der Waals surface area contributed by atoms with Crippen molar-refractivity contribution in [1.82, 2.24) is 10.2 Å². The molecule has 0 unspecified atom stereocenters. The van der Waals surface area contributed by atoms with Crippen LogP contribution in [0.5, 0.6) is 0 Å². The van der Waals surface area contributed by atoms with Gasteiger partial charge in [-0.05, 0) is 49.8 Å². The lowest BCUT2D eigenvalue weighted by atomic mass is 9.73. The molecule has 1 heterocycles. The third-order valence-corrected chi connectivity index (χ3v) is 6.03. The Balaban J connectivity index is 1.54. The Kier molecular flexibility index (Phi) is 5.91. The van der Waals surface area contributed by atoms with E-state index in [0.717, 1.165) is 35.3 Å². The van der Waals surface area contributed by atoms with Gasteiger partial charge in [-0.15, -0.1) is 0 Å². The molecule has 2 fully saturated rings. The number of hydrogen-bond acceptors (Lipinski definition) is 5. The Bertz CT molecular complexity index is 853. The Labute approximate surface area is 170 Å². The van der Waals surface area contributed by atoms with Crippen LogP contribution < -0.4 is 10.6 Å². The Morgan fingerprint density at radius 3 is 2.76 bits per heavy atom. The fraction of sp³-hybridized carbons (Fsp3) is 0.524. The standard InChI is InChI=1S/C21H27N3O5/c1-13-7-6-9-16(15(13)3)22-17(25)12-29-18(26)11-24-19(27)21(23-20(24)28)10-5-4-8-14(21)2/h6-7,9,14H,4-5,8,10-12H2,1-3H3,(H,22,25)(H,23,28)/t14-,21+/m0/s1. The van der Waals surface area contributed by atoms with Crippen LogP contribution in [0.3, 0.4) is 0 Å². The molecule has 2 N–H and O–H groups in total. The minimum absolute atomic E-state index is 0.0112. The van der Waals surface area contributed by atoms with Gasteiger partial charge in [-0.1, -0.05) is 31.9 Å². The van der Waals surface area contributed by atoms with Crippen LogP contribution in [0.15, 0.2) is 18.2 Å². The summed E-state index contributed by atoms with van der Waals surface area (Å²) in [5, 5.41) is 5.48. The second-order valence-electron chi connectivity index (χ2n) is 7.90. The van der Waals surface area contributed by atoms with E-state index in [9.17, 15) is 19.2 Å². The minimum Gasteiger partial charge on any atom is -0.454 e. The first-order valence-corrected chi connectivity index (χ1v) is 9.90. The molecule has 8 nitrogen and oxygen atoms in total. The monoisotopic (exact) mass is 401 g/mol. The molecule has 1 aliphatic carbocycles. The van der Waals surface area contributed by atoms with Crippen molar-refractivity contribution in [3.8, 4) is 0 Å². The molecule has 156 valence electrons. The van der Waals surface area contributed by atoms with Gasteiger partial charge in [-0.25, -0.2) is 4.79 Å². The maximum absolute atomic E-state index is 12.8. The van der Waals surface area contributed by atoms with Crippen molar-refractivity contribution < 1.29 is 23.9 Å². The van der Waals surface area contributed by atoms with Crippen LogP contribution in [0.25, 0.3) is 0 Å². The van der Waals surface area contributed by atoms with Crippen molar-refractivity contribution in [1.29, 1.82) is 0 Å². The smallest absolute Gasteiger partial charge is 0.326 e. The van der Waals surface area contributed by atoms with Gasteiger partial charge in [0, 0.05) is 5.69 Å². The van der Waals surface area contributed by atoms with E-state index >= 15 is 0 Å². The maximum atomic E-state index is 12.8. The lowest BCUT2D eigenvalue weighted by Crippen LogP contribution is -2.54. The Morgan fingerprint density at radius 2 is 2.03 bits per heavy atom. The first kappa shape index (κ1) is 20.8. The molecule has 2 atom stereocenters. The Hall–Kier alpha value is -2.90. The molecule has 0 bridgehead atoms. The van der Waals surface area contributed by atoms with Crippen molar-refractivity contribution in [2.24, 2.45) is 5.92 Å². The normalized spacial score (nSPS) is 23.8. The van der Waals surface area contributed by atoms with E-state index in [0.29, 0.717) is 12.1 Å². The molecule has 0 radical (unpaired) electrons. The molecule has 1 spiro atoms. The van der Waals surface area contributed by atoms with Gasteiger partial charge >= 0.3 is 12.0 Å². The maximum Gasteiger partial charge on any atom is 0.326 e. The van der Waals surface area contributed by atoms with E-state index in [-0.39, 0.29) is 11.8 Å². The molecule has 1 saturated heterocycles. The summed E-state index contributed by atoms with van der Waals surface area (Å²) >= 11 is 0. The van der Waals surface area contributed by atoms with Gasteiger partial charge in [0.25, 0.3) is 11.8 Å². The van der Waals surface area contributed by atoms with E-state index in [4.69, 9.17) is 4.74 Å². The number of hydrogen-bond donors (Lipinski definition) is 2. The molecule has 3 rings (SSSR count). The van der Waals surface area contributed by atoms with Crippen LogP contribution >= 0.6 is 0 Å². The summed E-state index contributed by atoms with van der Waals surface area (Å²) in [6.45, 7) is 4.77. The fourth-order valence-electron chi connectivity index (χ4n) is 4.03. The third kappa shape index (κ3) is 4.11. The number of imide groups is 1. The minimum atomic E-state index is -0.921. The summed E-state index contributed by atoms with van der Waals surface area (Å²) in [4.78, 5) is 50.3. The summed E-state index contributed by atoms with van der Waals surface area (Å²) < 4.78 is 4.98. The molecular weight excluding hydrogens is 374 g/mol. The SMILES string of the molecule is Cc1cccc(NC(=O)COC(=O)CN2C(=O)N[C@@]3(CCCC[C@@H]3C)C2=O)c1C.